The number of anilines is 1. The molecule has 3 aromatic rings. The molecule has 1 aromatic heterocycles. The van der Waals surface area contributed by atoms with E-state index in [1.165, 1.54) is 0 Å². The van der Waals surface area contributed by atoms with E-state index in [1.54, 1.807) is 22.1 Å². The van der Waals surface area contributed by atoms with Gasteiger partial charge in [-0.05, 0) is 51.0 Å². The van der Waals surface area contributed by atoms with E-state index in [-0.39, 0.29) is 29.9 Å². The fourth-order valence-corrected chi connectivity index (χ4v) is 5.06. The molecule has 2 aliphatic heterocycles. The van der Waals surface area contributed by atoms with Gasteiger partial charge in [0.2, 0.25) is 0 Å². The van der Waals surface area contributed by atoms with E-state index in [4.69, 9.17) is 26.8 Å². The molecule has 0 saturated carbocycles. The molecule has 1 saturated heterocycles. The van der Waals surface area contributed by atoms with E-state index < -0.39 is 11.7 Å². The van der Waals surface area contributed by atoms with Crippen molar-refractivity contribution in [1.82, 2.24) is 20.0 Å². The number of aryl methyl sites for hydroxylation is 1. The van der Waals surface area contributed by atoms with Crippen LogP contribution in [-0.4, -0.2) is 69.9 Å². The van der Waals surface area contributed by atoms with E-state index in [2.05, 4.69) is 10.2 Å². The van der Waals surface area contributed by atoms with Crippen molar-refractivity contribution in [2.75, 3.05) is 32.0 Å². The average Bonchev–Trinajstić information content (AvgIpc) is 3.20. The highest BCUT2D eigenvalue weighted by Gasteiger charge is 2.40. The van der Waals surface area contributed by atoms with E-state index in [1.807, 2.05) is 39.8 Å². The Morgan fingerprint density at radius 1 is 1.29 bits per heavy atom. The predicted octanol–water partition coefficient (Wildman–Crippen LogP) is 4.23. The van der Waals surface area contributed by atoms with Gasteiger partial charge in [0.05, 0.1) is 22.8 Å². The number of rotatable bonds is 1. The number of hydrogen-bond acceptors (Lipinski definition) is 6. The maximum absolute atomic E-state index is 13.6. The summed E-state index contributed by atoms with van der Waals surface area (Å²) in [5, 5.41) is 8.35. The highest BCUT2D eigenvalue weighted by Crippen LogP contribution is 2.45. The number of H-pyrrole nitrogens is 1. The number of hydrogen-bond donors (Lipinski definition) is 2. The Balaban J connectivity index is 1.51. The van der Waals surface area contributed by atoms with E-state index in [9.17, 15) is 9.59 Å². The average molecular weight is 498 g/mol. The van der Waals surface area contributed by atoms with Crippen molar-refractivity contribution in [3.05, 3.63) is 40.5 Å². The van der Waals surface area contributed by atoms with Crippen molar-refractivity contribution in [3.63, 3.8) is 0 Å². The monoisotopic (exact) mass is 497 g/mol. The topological polar surface area (TPSA) is 114 Å². The Morgan fingerprint density at radius 2 is 2.06 bits per heavy atom. The van der Waals surface area contributed by atoms with Crippen molar-refractivity contribution >= 4 is 40.2 Å². The van der Waals surface area contributed by atoms with Crippen molar-refractivity contribution < 1.29 is 19.1 Å². The van der Waals surface area contributed by atoms with Crippen LogP contribution in [0.5, 0.6) is 5.75 Å². The molecular weight excluding hydrogens is 470 g/mol. The van der Waals surface area contributed by atoms with Gasteiger partial charge in [0.25, 0.3) is 5.91 Å². The van der Waals surface area contributed by atoms with Gasteiger partial charge in [0, 0.05) is 36.3 Å². The summed E-state index contributed by atoms with van der Waals surface area (Å²) >= 11 is 6.89. The fraction of sp³-hybridized carbons (Fsp3) is 0.400. The zero-order valence-electron chi connectivity index (χ0n) is 20.1. The SMILES string of the molecule is Cc1ccc2[nH]ncc2c1-c1cc(N)c2c(c1Cl)OCC1CN(C(=O)OC(C)(C)C)CCN1C2=O. The standard InChI is InChI=1S/C25H28ClN5O4/c1-13-5-6-18-16(10-28-29-18)19(13)15-9-17(27)20-22(21(15)26)34-12-14-11-30(7-8-31(14)23(20)32)24(33)35-25(2,3)4/h5-6,9-10,14H,7-8,11-12,27H2,1-4H3,(H,28,29). The van der Waals surface area contributed by atoms with Gasteiger partial charge in [-0.15, -0.1) is 0 Å². The van der Waals surface area contributed by atoms with Crippen molar-refractivity contribution in [3.8, 4) is 16.9 Å². The summed E-state index contributed by atoms with van der Waals surface area (Å²) in [5.41, 5.74) is 9.81. The first-order chi connectivity index (χ1) is 16.5. The molecule has 0 aliphatic carbocycles. The Morgan fingerprint density at radius 3 is 2.80 bits per heavy atom. The third-order valence-corrected chi connectivity index (χ3v) is 6.76. The number of piperazine rings is 1. The molecule has 10 heteroatoms. The number of carbonyl (C=O) groups excluding carboxylic acids is 2. The smallest absolute Gasteiger partial charge is 0.410 e. The number of nitrogens with two attached hydrogens (primary N) is 1. The normalized spacial score (nSPS) is 18.1. The summed E-state index contributed by atoms with van der Waals surface area (Å²) in [6, 6.07) is 5.31. The van der Waals surface area contributed by atoms with Gasteiger partial charge in [0.15, 0.2) is 5.75 Å². The van der Waals surface area contributed by atoms with Crippen LogP contribution in [0.4, 0.5) is 10.5 Å². The number of nitrogen functional groups attached to an aromatic ring is 1. The molecule has 0 radical (unpaired) electrons. The van der Waals surface area contributed by atoms with Gasteiger partial charge in [-0.1, -0.05) is 17.7 Å². The molecular formula is C25H28ClN5O4. The number of nitrogens with zero attached hydrogens (tertiary/aromatic N) is 3. The van der Waals surface area contributed by atoms with Gasteiger partial charge >= 0.3 is 6.09 Å². The number of amides is 2. The third kappa shape index (κ3) is 4.03. The Kier molecular flexibility index (Phi) is 5.55. The van der Waals surface area contributed by atoms with Crippen LogP contribution < -0.4 is 10.5 Å². The summed E-state index contributed by atoms with van der Waals surface area (Å²) in [6.07, 6.45) is 1.34. The molecule has 9 nitrogen and oxygen atoms in total. The quantitative estimate of drug-likeness (QED) is 0.486. The number of carbonyl (C=O) groups is 2. The highest BCUT2D eigenvalue weighted by atomic mass is 35.5. The highest BCUT2D eigenvalue weighted by molar-refractivity contribution is 6.36. The lowest BCUT2D eigenvalue weighted by atomic mass is 9.94. The number of nitrogens with one attached hydrogen (secondary N) is 1. The van der Waals surface area contributed by atoms with Gasteiger partial charge in [-0.2, -0.15) is 5.10 Å². The molecule has 2 aliphatic rings. The van der Waals surface area contributed by atoms with Crippen LogP contribution in [0.25, 0.3) is 22.0 Å². The van der Waals surface area contributed by atoms with Crippen molar-refractivity contribution in [2.45, 2.75) is 39.3 Å². The van der Waals surface area contributed by atoms with Crippen LogP contribution in [-0.2, 0) is 4.74 Å². The summed E-state index contributed by atoms with van der Waals surface area (Å²) in [5.74, 6) is 0.0142. The van der Waals surface area contributed by atoms with Crippen LogP contribution in [0.15, 0.2) is 24.4 Å². The van der Waals surface area contributed by atoms with E-state index >= 15 is 0 Å². The van der Waals surface area contributed by atoms with Crippen molar-refractivity contribution in [1.29, 1.82) is 0 Å². The molecule has 3 N–H and O–H groups in total. The Bertz CT molecular complexity index is 1350. The minimum Gasteiger partial charge on any atom is -0.489 e. The van der Waals surface area contributed by atoms with Gasteiger partial charge in [-0.3, -0.25) is 9.89 Å². The maximum atomic E-state index is 13.6. The van der Waals surface area contributed by atoms with Crippen molar-refractivity contribution in [2.24, 2.45) is 0 Å². The molecule has 2 amide bonds. The second-order valence-corrected chi connectivity index (χ2v) is 10.4. The summed E-state index contributed by atoms with van der Waals surface area (Å²) < 4.78 is 11.7. The molecule has 5 rings (SSSR count). The predicted molar refractivity (Wildman–Crippen MR) is 134 cm³/mol. The molecule has 3 heterocycles. The number of ether oxygens (including phenoxy) is 2. The first-order valence-electron chi connectivity index (χ1n) is 11.5. The Hall–Kier alpha value is -3.46. The Labute approximate surface area is 208 Å². The number of fused-ring (bicyclic) bond motifs is 3. The van der Waals surface area contributed by atoms with Crippen LogP contribution in [0, 0.1) is 6.92 Å². The molecule has 1 fully saturated rings. The maximum Gasteiger partial charge on any atom is 0.410 e. The molecule has 1 unspecified atom stereocenters. The third-order valence-electron chi connectivity index (χ3n) is 6.38. The summed E-state index contributed by atoms with van der Waals surface area (Å²) in [4.78, 5) is 29.5. The lowest BCUT2D eigenvalue weighted by Gasteiger charge is -2.40. The number of benzene rings is 2. The second kappa shape index (κ2) is 8.34. The molecule has 2 aromatic carbocycles. The first-order valence-corrected chi connectivity index (χ1v) is 11.9. The fourth-order valence-electron chi connectivity index (χ4n) is 4.76. The lowest BCUT2D eigenvalue weighted by Crippen LogP contribution is -2.58. The molecule has 0 spiro atoms. The van der Waals surface area contributed by atoms with Gasteiger partial charge in [0.1, 0.15) is 17.8 Å². The van der Waals surface area contributed by atoms with E-state index in [0.29, 0.717) is 35.9 Å². The number of halogens is 1. The minimum absolute atomic E-state index is 0.176. The molecule has 35 heavy (non-hydrogen) atoms. The zero-order valence-corrected chi connectivity index (χ0v) is 20.9. The van der Waals surface area contributed by atoms with Crippen LogP contribution in [0.1, 0.15) is 36.7 Å². The van der Waals surface area contributed by atoms with Crippen LogP contribution in [0.2, 0.25) is 5.02 Å². The van der Waals surface area contributed by atoms with Gasteiger partial charge < -0.3 is 25.0 Å². The molecule has 184 valence electrons. The largest absolute Gasteiger partial charge is 0.489 e. The molecule has 1 atom stereocenters. The first kappa shape index (κ1) is 23.3. The summed E-state index contributed by atoms with van der Waals surface area (Å²) in [7, 11) is 0. The minimum atomic E-state index is -0.603. The molecule has 0 bridgehead atoms. The summed E-state index contributed by atoms with van der Waals surface area (Å²) in [6.45, 7) is 8.63. The van der Waals surface area contributed by atoms with Crippen LogP contribution >= 0.6 is 11.6 Å². The zero-order chi connectivity index (χ0) is 25.1. The van der Waals surface area contributed by atoms with Gasteiger partial charge in [-0.25, -0.2) is 4.79 Å². The van der Waals surface area contributed by atoms with E-state index in [0.717, 1.165) is 22.0 Å². The lowest BCUT2D eigenvalue weighted by molar-refractivity contribution is 0.000961. The second-order valence-electron chi connectivity index (χ2n) is 10.0. The number of aromatic amines is 1. The number of aromatic nitrogens is 2. The van der Waals surface area contributed by atoms with Crippen LogP contribution in [0.3, 0.4) is 0 Å².